The Bertz CT molecular complexity index is 871. The molecule has 122 valence electrons. The van der Waals surface area contributed by atoms with Crippen LogP contribution in [0.4, 0.5) is 0 Å². The summed E-state index contributed by atoms with van der Waals surface area (Å²) in [5.41, 5.74) is 2.61. The van der Waals surface area contributed by atoms with Gasteiger partial charge in [-0.15, -0.1) is 0 Å². The van der Waals surface area contributed by atoms with E-state index in [-0.39, 0.29) is 5.56 Å². The van der Waals surface area contributed by atoms with Gasteiger partial charge in [0.05, 0.1) is 18.8 Å². The van der Waals surface area contributed by atoms with E-state index < -0.39 is 0 Å². The van der Waals surface area contributed by atoms with E-state index in [4.69, 9.17) is 4.74 Å². The number of aromatic nitrogens is 2. The van der Waals surface area contributed by atoms with Crippen LogP contribution in [-0.4, -0.2) is 16.4 Å². The highest BCUT2D eigenvalue weighted by atomic mass is 79.9. The van der Waals surface area contributed by atoms with Crippen LogP contribution in [0.2, 0.25) is 0 Å². The lowest BCUT2D eigenvalue weighted by Crippen LogP contribution is -2.22. The minimum absolute atomic E-state index is 0.118. The molecule has 0 atom stereocenters. The first kappa shape index (κ1) is 16.5. The Hall–Kier alpha value is -2.40. The van der Waals surface area contributed by atoms with Crippen molar-refractivity contribution in [3.8, 4) is 17.0 Å². The van der Waals surface area contributed by atoms with Crippen molar-refractivity contribution in [2.45, 2.75) is 13.5 Å². The molecule has 0 unspecified atom stereocenters. The van der Waals surface area contributed by atoms with Gasteiger partial charge in [-0.3, -0.25) is 4.79 Å². The highest BCUT2D eigenvalue weighted by Crippen LogP contribution is 2.20. The van der Waals surface area contributed by atoms with Gasteiger partial charge in [-0.2, -0.15) is 5.10 Å². The van der Waals surface area contributed by atoms with Crippen LogP contribution in [0.3, 0.4) is 0 Å². The van der Waals surface area contributed by atoms with Crippen LogP contribution in [0.1, 0.15) is 12.5 Å². The minimum Gasteiger partial charge on any atom is -0.494 e. The van der Waals surface area contributed by atoms with Crippen LogP contribution in [-0.2, 0) is 6.54 Å². The Morgan fingerprint density at radius 2 is 1.71 bits per heavy atom. The van der Waals surface area contributed by atoms with E-state index in [0.29, 0.717) is 13.2 Å². The topological polar surface area (TPSA) is 44.1 Å². The Labute approximate surface area is 148 Å². The quantitative estimate of drug-likeness (QED) is 0.664. The van der Waals surface area contributed by atoms with Crippen LogP contribution < -0.4 is 10.3 Å². The lowest BCUT2D eigenvalue weighted by Gasteiger charge is -2.08. The van der Waals surface area contributed by atoms with E-state index in [1.54, 1.807) is 12.1 Å². The van der Waals surface area contributed by atoms with E-state index in [1.165, 1.54) is 4.68 Å². The van der Waals surface area contributed by atoms with Crippen molar-refractivity contribution in [2.75, 3.05) is 6.61 Å². The monoisotopic (exact) mass is 384 g/mol. The number of rotatable bonds is 5. The summed E-state index contributed by atoms with van der Waals surface area (Å²) < 4.78 is 7.94. The van der Waals surface area contributed by atoms with Gasteiger partial charge in [-0.25, -0.2) is 4.68 Å². The summed E-state index contributed by atoms with van der Waals surface area (Å²) in [5.74, 6) is 0.824. The molecule has 1 heterocycles. The molecule has 0 saturated carbocycles. The first-order valence-corrected chi connectivity index (χ1v) is 8.51. The lowest BCUT2D eigenvalue weighted by molar-refractivity contribution is 0.340. The summed E-state index contributed by atoms with van der Waals surface area (Å²) in [4.78, 5) is 12.1. The van der Waals surface area contributed by atoms with Crippen molar-refractivity contribution in [3.05, 3.63) is 81.1 Å². The zero-order valence-corrected chi connectivity index (χ0v) is 14.9. The van der Waals surface area contributed by atoms with Gasteiger partial charge < -0.3 is 4.74 Å². The van der Waals surface area contributed by atoms with Gasteiger partial charge in [0.2, 0.25) is 0 Å². The SMILES string of the molecule is CCOc1ccc(-c2ccc(=O)n(Cc3ccc(Br)cc3)n2)cc1. The van der Waals surface area contributed by atoms with Crippen LogP contribution in [0.15, 0.2) is 69.9 Å². The van der Waals surface area contributed by atoms with Crippen LogP contribution >= 0.6 is 15.9 Å². The molecule has 0 N–H and O–H groups in total. The molecular formula is C19H17BrN2O2. The molecule has 1 aromatic heterocycles. The second-order valence-corrected chi connectivity index (χ2v) is 6.21. The molecule has 24 heavy (non-hydrogen) atoms. The first-order valence-electron chi connectivity index (χ1n) is 7.71. The zero-order chi connectivity index (χ0) is 16.9. The minimum atomic E-state index is -0.118. The molecule has 0 saturated heterocycles. The fourth-order valence-corrected chi connectivity index (χ4v) is 2.63. The number of hydrogen-bond donors (Lipinski definition) is 0. The number of halogens is 1. The summed E-state index contributed by atoms with van der Waals surface area (Å²) >= 11 is 3.41. The highest BCUT2D eigenvalue weighted by Gasteiger charge is 2.05. The lowest BCUT2D eigenvalue weighted by atomic mass is 10.1. The molecule has 0 aliphatic heterocycles. The highest BCUT2D eigenvalue weighted by molar-refractivity contribution is 9.10. The van der Waals surface area contributed by atoms with E-state index in [9.17, 15) is 4.79 Å². The largest absolute Gasteiger partial charge is 0.494 e. The average molecular weight is 385 g/mol. The van der Waals surface area contributed by atoms with Crippen molar-refractivity contribution in [1.29, 1.82) is 0 Å². The third-order valence-corrected chi connectivity index (χ3v) is 4.10. The third kappa shape index (κ3) is 3.92. The van der Waals surface area contributed by atoms with E-state index in [0.717, 1.165) is 27.0 Å². The second kappa shape index (κ2) is 7.45. The Balaban J connectivity index is 1.88. The average Bonchev–Trinajstić information content (AvgIpc) is 2.60. The molecule has 4 nitrogen and oxygen atoms in total. The smallest absolute Gasteiger partial charge is 0.267 e. The van der Waals surface area contributed by atoms with Gasteiger partial charge in [0.1, 0.15) is 5.75 Å². The maximum absolute atomic E-state index is 12.1. The maximum Gasteiger partial charge on any atom is 0.267 e. The molecule has 2 aromatic carbocycles. The molecular weight excluding hydrogens is 368 g/mol. The van der Waals surface area contributed by atoms with Crippen LogP contribution in [0.5, 0.6) is 5.75 Å². The molecule has 0 aliphatic carbocycles. The standard InChI is InChI=1S/C19H17BrN2O2/c1-2-24-17-9-5-15(6-10-17)18-11-12-19(23)22(21-18)13-14-3-7-16(20)8-4-14/h3-12H,2,13H2,1H3. The summed E-state index contributed by atoms with van der Waals surface area (Å²) in [6, 6.07) is 18.9. The summed E-state index contributed by atoms with van der Waals surface area (Å²) in [5, 5.41) is 4.49. The van der Waals surface area contributed by atoms with Gasteiger partial charge in [0, 0.05) is 16.1 Å². The number of nitrogens with zero attached hydrogens (tertiary/aromatic N) is 2. The fraction of sp³-hybridized carbons (Fsp3) is 0.158. The Kier molecular flexibility index (Phi) is 5.11. The Morgan fingerprint density at radius 1 is 1.00 bits per heavy atom. The number of benzene rings is 2. The van der Waals surface area contributed by atoms with Gasteiger partial charge in [0.15, 0.2) is 0 Å². The third-order valence-electron chi connectivity index (χ3n) is 3.57. The van der Waals surface area contributed by atoms with Crippen molar-refractivity contribution < 1.29 is 4.74 Å². The summed E-state index contributed by atoms with van der Waals surface area (Å²) in [6.07, 6.45) is 0. The van der Waals surface area contributed by atoms with Crippen molar-refractivity contribution in [2.24, 2.45) is 0 Å². The predicted octanol–water partition coefficient (Wildman–Crippen LogP) is 4.12. The molecule has 0 fully saturated rings. The summed E-state index contributed by atoms with van der Waals surface area (Å²) in [6.45, 7) is 3.03. The second-order valence-electron chi connectivity index (χ2n) is 5.30. The molecule has 5 heteroatoms. The molecule has 3 rings (SSSR count). The van der Waals surface area contributed by atoms with E-state index in [2.05, 4.69) is 21.0 Å². The van der Waals surface area contributed by atoms with E-state index >= 15 is 0 Å². The summed E-state index contributed by atoms with van der Waals surface area (Å²) in [7, 11) is 0. The fourth-order valence-electron chi connectivity index (χ4n) is 2.37. The Morgan fingerprint density at radius 3 is 2.38 bits per heavy atom. The molecule has 0 radical (unpaired) electrons. The van der Waals surface area contributed by atoms with Crippen molar-refractivity contribution in [1.82, 2.24) is 9.78 Å². The molecule has 0 aliphatic rings. The van der Waals surface area contributed by atoms with Gasteiger partial charge in [0.25, 0.3) is 5.56 Å². The van der Waals surface area contributed by atoms with E-state index in [1.807, 2.05) is 55.5 Å². The first-order chi connectivity index (χ1) is 11.7. The van der Waals surface area contributed by atoms with Crippen molar-refractivity contribution >= 4 is 15.9 Å². The van der Waals surface area contributed by atoms with Gasteiger partial charge in [-0.1, -0.05) is 28.1 Å². The zero-order valence-electron chi connectivity index (χ0n) is 13.3. The number of hydrogen-bond acceptors (Lipinski definition) is 3. The van der Waals surface area contributed by atoms with Crippen molar-refractivity contribution in [3.63, 3.8) is 0 Å². The van der Waals surface area contributed by atoms with Gasteiger partial charge in [-0.05, 0) is 55.0 Å². The molecule has 0 spiro atoms. The van der Waals surface area contributed by atoms with Crippen LogP contribution in [0, 0.1) is 0 Å². The molecule has 3 aromatic rings. The normalized spacial score (nSPS) is 10.6. The molecule has 0 bridgehead atoms. The maximum atomic E-state index is 12.1. The number of ether oxygens (including phenoxy) is 1. The predicted molar refractivity (Wildman–Crippen MR) is 98.3 cm³/mol. The van der Waals surface area contributed by atoms with Gasteiger partial charge >= 0.3 is 0 Å². The molecule has 0 amide bonds. The van der Waals surface area contributed by atoms with Crippen LogP contribution in [0.25, 0.3) is 11.3 Å².